The number of amidine groups is 1. The number of nitro groups is 1. The molecule has 8 nitrogen and oxygen atoms in total. The number of hydrogen-bond acceptors (Lipinski definition) is 6. The summed E-state index contributed by atoms with van der Waals surface area (Å²) in [6.45, 7) is 4.09. The quantitative estimate of drug-likeness (QED) is 0.560. The Morgan fingerprint density at radius 3 is 2.72 bits per heavy atom. The van der Waals surface area contributed by atoms with E-state index in [1.54, 1.807) is 11.0 Å². The first-order chi connectivity index (χ1) is 13.9. The average Bonchev–Trinajstić information content (AvgIpc) is 2.98. The molecule has 1 saturated heterocycles. The number of thioether (sulfide) groups is 1. The van der Waals surface area contributed by atoms with Gasteiger partial charge in [-0.05, 0) is 32.3 Å². The standard InChI is InChI=1S/C20H26N4O4S/c1-3-23-19(26)17(12-18(25)21-14-7-5-4-6-8-14)29-20(23)22-16-11-15(24(27)28)10-9-13(16)2/h9-11,14,17H,3-8,12H2,1-2H3,(H,21,25). The summed E-state index contributed by atoms with van der Waals surface area (Å²) in [5.41, 5.74) is 1.20. The fourth-order valence-electron chi connectivity index (χ4n) is 3.65. The normalized spacial score (nSPS) is 21.6. The van der Waals surface area contributed by atoms with Crippen LogP contribution in [-0.2, 0) is 9.59 Å². The van der Waals surface area contributed by atoms with Crippen molar-refractivity contribution in [3.63, 3.8) is 0 Å². The lowest BCUT2D eigenvalue weighted by molar-refractivity contribution is -0.384. The number of carbonyl (C=O) groups is 2. The molecule has 2 amide bonds. The largest absolute Gasteiger partial charge is 0.353 e. The SMILES string of the molecule is CCN1C(=O)C(CC(=O)NC2CCCCC2)SC1=Nc1cc([N+](=O)[O-])ccc1C. The van der Waals surface area contributed by atoms with Gasteiger partial charge < -0.3 is 5.32 Å². The Morgan fingerprint density at radius 2 is 2.07 bits per heavy atom. The zero-order valence-corrected chi connectivity index (χ0v) is 17.5. The summed E-state index contributed by atoms with van der Waals surface area (Å²) in [5.74, 6) is -0.246. The van der Waals surface area contributed by atoms with Gasteiger partial charge in [-0.2, -0.15) is 0 Å². The highest BCUT2D eigenvalue weighted by Gasteiger charge is 2.38. The third-order valence-corrected chi connectivity index (χ3v) is 6.47. The Morgan fingerprint density at radius 1 is 1.34 bits per heavy atom. The van der Waals surface area contributed by atoms with Gasteiger partial charge in [0.25, 0.3) is 5.69 Å². The number of non-ortho nitro benzene ring substituents is 1. The number of carbonyl (C=O) groups excluding carboxylic acids is 2. The van der Waals surface area contributed by atoms with Crippen LogP contribution in [0.2, 0.25) is 0 Å². The van der Waals surface area contributed by atoms with Crippen LogP contribution >= 0.6 is 11.8 Å². The van der Waals surface area contributed by atoms with Crippen LogP contribution in [0.15, 0.2) is 23.2 Å². The van der Waals surface area contributed by atoms with E-state index >= 15 is 0 Å². The van der Waals surface area contributed by atoms with Gasteiger partial charge in [-0.25, -0.2) is 4.99 Å². The molecule has 2 fully saturated rings. The lowest BCUT2D eigenvalue weighted by Gasteiger charge is -2.23. The summed E-state index contributed by atoms with van der Waals surface area (Å²) in [4.78, 5) is 41.9. The van der Waals surface area contributed by atoms with E-state index in [4.69, 9.17) is 0 Å². The third kappa shape index (κ3) is 5.14. The molecule has 1 aromatic carbocycles. The maximum Gasteiger partial charge on any atom is 0.271 e. The highest BCUT2D eigenvalue weighted by Crippen LogP contribution is 2.33. The Hall–Kier alpha value is -2.42. The van der Waals surface area contributed by atoms with Gasteiger partial charge in [0.05, 0.1) is 10.6 Å². The second-order valence-corrected chi connectivity index (χ2v) is 8.59. The lowest BCUT2D eigenvalue weighted by Crippen LogP contribution is -2.39. The molecule has 3 rings (SSSR count). The number of nitro benzene ring substituents is 1. The van der Waals surface area contributed by atoms with Crippen molar-refractivity contribution in [1.82, 2.24) is 10.2 Å². The summed E-state index contributed by atoms with van der Waals surface area (Å²) < 4.78 is 0. The van der Waals surface area contributed by atoms with Crippen molar-refractivity contribution in [3.8, 4) is 0 Å². The Balaban J connectivity index is 1.73. The third-order valence-electron chi connectivity index (χ3n) is 5.30. The molecule has 9 heteroatoms. The van der Waals surface area contributed by atoms with Crippen LogP contribution in [-0.4, -0.2) is 44.6 Å². The molecule has 0 radical (unpaired) electrons. The predicted molar refractivity (Wildman–Crippen MR) is 113 cm³/mol. The molecule has 0 bridgehead atoms. The van der Waals surface area contributed by atoms with E-state index in [-0.39, 0.29) is 30.0 Å². The zero-order valence-electron chi connectivity index (χ0n) is 16.7. The Kier molecular flexibility index (Phi) is 6.89. The average molecular weight is 419 g/mol. The molecular weight excluding hydrogens is 392 g/mol. The maximum absolute atomic E-state index is 12.8. The first-order valence-electron chi connectivity index (χ1n) is 10.00. The highest BCUT2D eigenvalue weighted by atomic mass is 32.2. The number of aliphatic imine (C=N–C) groups is 1. The summed E-state index contributed by atoms with van der Waals surface area (Å²) in [6, 6.07) is 4.69. The molecule has 1 N–H and O–H groups in total. The first kappa shape index (κ1) is 21.3. The van der Waals surface area contributed by atoms with Crippen LogP contribution in [0.25, 0.3) is 0 Å². The van der Waals surface area contributed by atoms with Crippen molar-refractivity contribution in [1.29, 1.82) is 0 Å². The first-order valence-corrected chi connectivity index (χ1v) is 10.9. The summed E-state index contributed by atoms with van der Waals surface area (Å²) in [5, 5.41) is 14.1. The van der Waals surface area contributed by atoms with Gasteiger partial charge >= 0.3 is 0 Å². The second-order valence-electron chi connectivity index (χ2n) is 7.42. The van der Waals surface area contributed by atoms with E-state index in [1.165, 1.54) is 30.3 Å². The zero-order chi connectivity index (χ0) is 21.0. The summed E-state index contributed by atoms with van der Waals surface area (Å²) in [6.07, 6.45) is 5.58. The molecule has 1 aliphatic carbocycles. The van der Waals surface area contributed by atoms with Crippen LogP contribution in [0.3, 0.4) is 0 Å². The smallest absolute Gasteiger partial charge is 0.271 e. The van der Waals surface area contributed by atoms with E-state index in [0.717, 1.165) is 31.2 Å². The van der Waals surface area contributed by atoms with E-state index in [9.17, 15) is 19.7 Å². The molecule has 2 aliphatic rings. The molecular formula is C20H26N4O4S. The van der Waals surface area contributed by atoms with Gasteiger partial charge in [0, 0.05) is 31.1 Å². The minimum absolute atomic E-state index is 0.0456. The predicted octanol–water partition coefficient (Wildman–Crippen LogP) is 3.69. The summed E-state index contributed by atoms with van der Waals surface area (Å²) >= 11 is 1.26. The van der Waals surface area contributed by atoms with Gasteiger partial charge in [-0.15, -0.1) is 0 Å². The number of aryl methyl sites for hydroxylation is 1. The topological polar surface area (TPSA) is 105 Å². The van der Waals surface area contributed by atoms with Gasteiger partial charge in [-0.1, -0.05) is 37.1 Å². The molecule has 1 heterocycles. The lowest BCUT2D eigenvalue weighted by atomic mass is 9.95. The maximum atomic E-state index is 12.8. The van der Waals surface area contributed by atoms with Crippen molar-refractivity contribution in [3.05, 3.63) is 33.9 Å². The number of amides is 2. The molecule has 1 saturated carbocycles. The second kappa shape index (κ2) is 9.39. The van der Waals surface area contributed by atoms with E-state index in [2.05, 4.69) is 10.3 Å². The Labute approximate surface area is 174 Å². The van der Waals surface area contributed by atoms with Gasteiger partial charge in [0.2, 0.25) is 11.8 Å². The molecule has 1 aliphatic heterocycles. The molecule has 1 atom stereocenters. The van der Waals surface area contributed by atoms with Gasteiger partial charge in [0.1, 0.15) is 5.25 Å². The van der Waals surface area contributed by atoms with E-state index < -0.39 is 10.2 Å². The van der Waals surface area contributed by atoms with Gasteiger partial charge in [-0.3, -0.25) is 24.6 Å². The highest BCUT2D eigenvalue weighted by molar-refractivity contribution is 8.15. The molecule has 29 heavy (non-hydrogen) atoms. The number of nitrogens with one attached hydrogen (secondary N) is 1. The van der Waals surface area contributed by atoms with Crippen LogP contribution in [0, 0.1) is 17.0 Å². The fraction of sp³-hybridized carbons (Fsp3) is 0.550. The van der Waals surface area contributed by atoms with Crippen molar-refractivity contribution < 1.29 is 14.5 Å². The van der Waals surface area contributed by atoms with Crippen LogP contribution in [0.4, 0.5) is 11.4 Å². The van der Waals surface area contributed by atoms with Crippen molar-refractivity contribution in [2.24, 2.45) is 4.99 Å². The number of rotatable bonds is 6. The van der Waals surface area contributed by atoms with E-state index in [1.807, 2.05) is 13.8 Å². The van der Waals surface area contributed by atoms with Crippen molar-refractivity contribution >= 4 is 40.1 Å². The van der Waals surface area contributed by atoms with Crippen LogP contribution in [0.1, 0.15) is 51.0 Å². The van der Waals surface area contributed by atoms with Crippen LogP contribution in [0.5, 0.6) is 0 Å². The molecule has 0 spiro atoms. The number of benzene rings is 1. The Bertz CT molecular complexity index is 836. The van der Waals surface area contributed by atoms with Crippen LogP contribution < -0.4 is 5.32 Å². The number of hydrogen-bond donors (Lipinski definition) is 1. The molecule has 156 valence electrons. The molecule has 1 aromatic rings. The van der Waals surface area contributed by atoms with E-state index in [0.29, 0.717) is 17.4 Å². The summed E-state index contributed by atoms with van der Waals surface area (Å²) in [7, 11) is 0. The van der Waals surface area contributed by atoms with Crippen molar-refractivity contribution in [2.75, 3.05) is 6.54 Å². The molecule has 1 unspecified atom stereocenters. The monoisotopic (exact) mass is 418 g/mol. The van der Waals surface area contributed by atoms with Crippen molar-refractivity contribution in [2.45, 2.75) is 63.7 Å². The minimum Gasteiger partial charge on any atom is -0.353 e. The number of nitrogens with zero attached hydrogens (tertiary/aromatic N) is 3. The fourth-order valence-corrected chi connectivity index (χ4v) is 4.87. The minimum atomic E-state index is -0.517. The molecule has 0 aromatic heterocycles. The van der Waals surface area contributed by atoms with Gasteiger partial charge in [0.15, 0.2) is 5.17 Å².